The number of benzene rings is 2. The predicted octanol–water partition coefficient (Wildman–Crippen LogP) is 3.45. The fourth-order valence-corrected chi connectivity index (χ4v) is 3.43. The number of ether oxygens (including phenoxy) is 1. The Hall–Kier alpha value is -3.13. The molecule has 1 aliphatic heterocycles. The van der Waals surface area contributed by atoms with Gasteiger partial charge in [0.15, 0.2) is 11.5 Å². The van der Waals surface area contributed by atoms with Gasteiger partial charge in [-0.2, -0.15) is 0 Å². The van der Waals surface area contributed by atoms with Crippen molar-refractivity contribution in [2.45, 2.75) is 13.8 Å². The predicted molar refractivity (Wildman–Crippen MR) is 107 cm³/mol. The minimum Gasteiger partial charge on any atom is -0.503 e. The van der Waals surface area contributed by atoms with E-state index in [2.05, 4.69) is 21.2 Å². The number of barbiturate groups is 1. The topological polar surface area (TPSA) is 95.9 Å². The fourth-order valence-electron chi connectivity index (χ4n) is 2.97. The van der Waals surface area contributed by atoms with E-state index in [1.165, 1.54) is 25.3 Å². The van der Waals surface area contributed by atoms with Crippen LogP contribution in [0.1, 0.15) is 16.7 Å². The first-order chi connectivity index (χ1) is 13.2. The number of phenols is 1. The average molecular weight is 445 g/mol. The number of rotatable bonds is 3. The summed E-state index contributed by atoms with van der Waals surface area (Å²) in [4.78, 5) is 38.5. The molecule has 3 rings (SSSR count). The Labute approximate surface area is 169 Å². The highest BCUT2D eigenvalue weighted by molar-refractivity contribution is 9.10. The van der Waals surface area contributed by atoms with Crippen molar-refractivity contribution in [3.63, 3.8) is 0 Å². The van der Waals surface area contributed by atoms with Crippen LogP contribution in [0.15, 0.2) is 40.4 Å². The van der Waals surface area contributed by atoms with E-state index in [0.29, 0.717) is 15.7 Å². The number of aryl methyl sites for hydroxylation is 2. The molecule has 0 atom stereocenters. The Kier molecular flexibility index (Phi) is 5.24. The lowest BCUT2D eigenvalue weighted by molar-refractivity contribution is -0.122. The summed E-state index contributed by atoms with van der Waals surface area (Å²) in [6.45, 7) is 3.70. The SMILES string of the molecule is COc1cc(/C=C2\C(=O)NC(=O)N(c3cc(C)cc(C)c3)C2=O)cc(Br)c1O. The molecule has 2 N–H and O–H groups in total. The Balaban J connectivity index is 2.07. The van der Waals surface area contributed by atoms with E-state index in [1.807, 2.05) is 19.9 Å². The summed E-state index contributed by atoms with van der Waals surface area (Å²) in [5.41, 5.74) is 2.37. The van der Waals surface area contributed by atoms with Crippen LogP contribution < -0.4 is 15.0 Å². The molecule has 8 heteroatoms. The molecule has 1 fully saturated rings. The largest absolute Gasteiger partial charge is 0.503 e. The Morgan fingerprint density at radius 3 is 2.32 bits per heavy atom. The lowest BCUT2D eigenvalue weighted by atomic mass is 10.1. The van der Waals surface area contributed by atoms with Crippen molar-refractivity contribution in [2.75, 3.05) is 12.0 Å². The van der Waals surface area contributed by atoms with Crippen LogP contribution in [-0.2, 0) is 9.59 Å². The quantitative estimate of drug-likeness (QED) is 0.558. The smallest absolute Gasteiger partial charge is 0.335 e. The maximum atomic E-state index is 13.0. The normalized spacial score (nSPS) is 15.8. The van der Waals surface area contributed by atoms with E-state index in [1.54, 1.807) is 12.1 Å². The van der Waals surface area contributed by atoms with Gasteiger partial charge in [-0.3, -0.25) is 14.9 Å². The van der Waals surface area contributed by atoms with Crippen LogP contribution in [0.3, 0.4) is 0 Å². The Morgan fingerprint density at radius 1 is 1.07 bits per heavy atom. The zero-order chi connectivity index (χ0) is 20.6. The number of amides is 4. The number of hydrogen-bond donors (Lipinski definition) is 2. The van der Waals surface area contributed by atoms with Gasteiger partial charge in [0, 0.05) is 0 Å². The summed E-state index contributed by atoms with van der Waals surface area (Å²) in [7, 11) is 1.39. The lowest BCUT2D eigenvalue weighted by Crippen LogP contribution is -2.54. The van der Waals surface area contributed by atoms with Gasteiger partial charge in [0.2, 0.25) is 0 Å². The third-order valence-electron chi connectivity index (χ3n) is 4.15. The molecular formula is C20H17BrN2O5. The first-order valence-corrected chi connectivity index (χ1v) is 9.07. The van der Waals surface area contributed by atoms with Gasteiger partial charge in [-0.05, 0) is 76.8 Å². The third kappa shape index (κ3) is 3.63. The second-order valence-corrected chi connectivity index (χ2v) is 7.21. The zero-order valence-electron chi connectivity index (χ0n) is 15.4. The van der Waals surface area contributed by atoms with Crippen LogP contribution in [-0.4, -0.2) is 30.1 Å². The van der Waals surface area contributed by atoms with Gasteiger partial charge in [-0.1, -0.05) is 6.07 Å². The van der Waals surface area contributed by atoms with E-state index in [0.717, 1.165) is 16.0 Å². The number of phenolic OH excluding ortho intramolecular Hbond substituents is 1. The Bertz CT molecular complexity index is 1020. The molecule has 0 aliphatic carbocycles. The molecular weight excluding hydrogens is 428 g/mol. The highest BCUT2D eigenvalue weighted by Gasteiger charge is 2.37. The highest BCUT2D eigenvalue weighted by atomic mass is 79.9. The van der Waals surface area contributed by atoms with Gasteiger partial charge in [-0.15, -0.1) is 0 Å². The number of nitrogens with one attached hydrogen (secondary N) is 1. The van der Waals surface area contributed by atoms with E-state index in [4.69, 9.17) is 4.74 Å². The second-order valence-electron chi connectivity index (χ2n) is 6.36. The van der Waals surface area contributed by atoms with Crippen molar-refractivity contribution in [3.8, 4) is 11.5 Å². The molecule has 4 amide bonds. The molecule has 0 bridgehead atoms. The summed E-state index contributed by atoms with van der Waals surface area (Å²) in [6, 6.07) is 7.50. The molecule has 144 valence electrons. The molecule has 1 saturated heterocycles. The number of anilines is 1. The molecule has 0 aromatic heterocycles. The fraction of sp³-hybridized carbons (Fsp3) is 0.150. The molecule has 0 saturated carbocycles. The number of aromatic hydroxyl groups is 1. The minimum atomic E-state index is -0.804. The van der Waals surface area contributed by atoms with Crippen LogP contribution in [0.4, 0.5) is 10.5 Å². The summed E-state index contributed by atoms with van der Waals surface area (Å²) in [6.07, 6.45) is 1.34. The van der Waals surface area contributed by atoms with Crippen molar-refractivity contribution in [3.05, 3.63) is 57.1 Å². The van der Waals surface area contributed by atoms with Crippen LogP contribution in [0.25, 0.3) is 6.08 Å². The first-order valence-electron chi connectivity index (χ1n) is 8.27. The molecule has 0 spiro atoms. The molecule has 0 unspecified atom stereocenters. The van der Waals surface area contributed by atoms with Gasteiger partial charge in [0.1, 0.15) is 5.57 Å². The number of carbonyl (C=O) groups is 3. The van der Waals surface area contributed by atoms with Crippen LogP contribution in [0, 0.1) is 13.8 Å². The standard InChI is InChI=1S/C20H17BrN2O5/c1-10-4-11(2)6-13(5-10)23-19(26)14(18(25)22-20(23)27)7-12-8-15(21)17(24)16(9-12)28-3/h4-9,24H,1-3H3,(H,22,25,27)/b14-7+. The Morgan fingerprint density at radius 2 is 1.71 bits per heavy atom. The molecule has 1 heterocycles. The van der Waals surface area contributed by atoms with Gasteiger partial charge in [-0.25, -0.2) is 9.69 Å². The number of imide groups is 2. The molecule has 2 aromatic carbocycles. The van der Waals surface area contributed by atoms with Gasteiger partial charge >= 0.3 is 6.03 Å². The van der Waals surface area contributed by atoms with Crippen molar-refractivity contribution in [2.24, 2.45) is 0 Å². The van der Waals surface area contributed by atoms with Crippen LogP contribution in [0.5, 0.6) is 11.5 Å². The van der Waals surface area contributed by atoms with Crippen LogP contribution in [0.2, 0.25) is 0 Å². The van der Waals surface area contributed by atoms with Gasteiger partial charge in [0.05, 0.1) is 17.3 Å². The number of methoxy groups -OCH3 is 1. The van der Waals surface area contributed by atoms with E-state index >= 15 is 0 Å². The summed E-state index contributed by atoms with van der Waals surface area (Å²) in [5.74, 6) is -1.45. The summed E-state index contributed by atoms with van der Waals surface area (Å²) in [5, 5.41) is 12.1. The average Bonchev–Trinajstić information content (AvgIpc) is 2.60. The van der Waals surface area contributed by atoms with Crippen molar-refractivity contribution in [1.82, 2.24) is 5.32 Å². The van der Waals surface area contributed by atoms with E-state index in [9.17, 15) is 19.5 Å². The second kappa shape index (κ2) is 7.47. The maximum Gasteiger partial charge on any atom is 0.335 e. The van der Waals surface area contributed by atoms with Crippen molar-refractivity contribution >= 4 is 45.5 Å². The minimum absolute atomic E-state index is 0.101. The van der Waals surface area contributed by atoms with Crippen molar-refractivity contribution in [1.29, 1.82) is 0 Å². The van der Waals surface area contributed by atoms with Gasteiger partial charge in [0.25, 0.3) is 11.8 Å². The summed E-state index contributed by atoms with van der Waals surface area (Å²) >= 11 is 3.20. The summed E-state index contributed by atoms with van der Waals surface area (Å²) < 4.78 is 5.42. The molecule has 28 heavy (non-hydrogen) atoms. The molecule has 1 aliphatic rings. The monoisotopic (exact) mass is 444 g/mol. The number of nitrogens with zero attached hydrogens (tertiary/aromatic N) is 1. The molecule has 7 nitrogen and oxygen atoms in total. The third-order valence-corrected chi connectivity index (χ3v) is 4.75. The van der Waals surface area contributed by atoms with Gasteiger partial charge < -0.3 is 9.84 Å². The number of urea groups is 1. The number of hydrogen-bond acceptors (Lipinski definition) is 5. The van der Waals surface area contributed by atoms with E-state index in [-0.39, 0.29) is 17.1 Å². The first kappa shape index (κ1) is 19.6. The molecule has 2 aromatic rings. The number of halogens is 1. The highest BCUT2D eigenvalue weighted by Crippen LogP contribution is 2.36. The maximum absolute atomic E-state index is 13.0. The van der Waals surface area contributed by atoms with Crippen molar-refractivity contribution < 1.29 is 24.2 Å². The zero-order valence-corrected chi connectivity index (χ0v) is 17.0. The van der Waals surface area contributed by atoms with Crippen LogP contribution >= 0.6 is 15.9 Å². The van der Waals surface area contributed by atoms with E-state index < -0.39 is 17.8 Å². The lowest BCUT2D eigenvalue weighted by Gasteiger charge is -2.27. The molecule has 0 radical (unpaired) electrons. The number of carbonyl (C=O) groups excluding carboxylic acids is 3.